The van der Waals surface area contributed by atoms with Gasteiger partial charge in [-0.15, -0.1) is 13.2 Å². The van der Waals surface area contributed by atoms with Crippen molar-refractivity contribution in [1.82, 2.24) is 10.6 Å². The Morgan fingerprint density at radius 3 is 1.97 bits per heavy atom. The number of benzene rings is 1. The van der Waals surface area contributed by atoms with Gasteiger partial charge >= 0.3 is 6.09 Å². The number of carbonyl (C=O) groups excluding carboxylic acids is 2. The van der Waals surface area contributed by atoms with E-state index in [1.165, 1.54) is 5.56 Å². The van der Waals surface area contributed by atoms with E-state index in [0.29, 0.717) is 13.0 Å². The van der Waals surface area contributed by atoms with Crippen LogP contribution in [0.2, 0.25) is 0 Å². The van der Waals surface area contributed by atoms with E-state index in [9.17, 15) is 9.59 Å². The molecule has 0 saturated carbocycles. The van der Waals surface area contributed by atoms with Crippen molar-refractivity contribution in [3.05, 3.63) is 49.1 Å². The lowest BCUT2D eigenvalue weighted by Gasteiger charge is -2.25. The molecule has 1 rings (SSSR count). The van der Waals surface area contributed by atoms with Gasteiger partial charge in [0.05, 0.1) is 0 Å². The fraction of sp³-hybridized carbons (Fsp3) is 0.615. The monoisotopic (exact) mass is 436 g/mol. The summed E-state index contributed by atoms with van der Waals surface area (Å²) in [6.45, 7) is 24.7. The molecule has 5 heteroatoms. The summed E-state index contributed by atoms with van der Waals surface area (Å²) in [4.78, 5) is 22.4. The van der Waals surface area contributed by atoms with Crippen LogP contribution >= 0.6 is 0 Å². The second-order valence-corrected chi connectivity index (χ2v) is 7.91. The van der Waals surface area contributed by atoms with E-state index in [0.717, 1.165) is 13.0 Å². The van der Waals surface area contributed by atoms with Crippen LogP contribution in [-0.2, 0) is 16.0 Å². The highest BCUT2D eigenvalue weighted by Crippen LogP contribution is 2.08. The number of ether oxygens (including phenoxy) is 1. The first kappa shape index (κ1) is 33.5. The summed E-state index contributed by atoms with van der Waals surface area (Å²) in [5, 5.41) is 6.02. The summed E-state index contributed by atoms with van der Waals surface area (Å²) in [6, 6.07) is 10.5. The van der Waals surface area contributed by atoms with Gasteiger partial charge in [0, 0.05) is 19.0 Å². The van der Waals surface area contributed by atoms with E-state index < -0.39 is 11.7 Å². The zero-order valence-electron chi connectivity index (χ0n) is 21.5. The molecule has 0 fully saturated rings. The van der Waals surface area contributed by atoms with E-state index >= 15 is 0 Å². The molecule has 31 heavy (non-hydrogen) atoms. The Morgan fingerprint density at radius 1 is 1.06 bits per heavy atom. The van der Waals surface area contributed by atoms with Crippen LogP contribution in [0.3, 0.4) is 0 Å². The normalized spacial score (nSPS) is 11.6. The van der Waals surface area contributed by atoms with Gasteiger partial charge in [0.15, 0.2) is 0 Å². The number of aryl methyl sites for hydroxylation is 1. The predicted molar refractivity (Wildman–Crippen MR) is 135 cm³/mol. The zero-order chi connectivity index (χ0) is 24.9. The molecule has 2 N–H and O–H groups in total. The number of ketones is 1. The molecule has 2 atom stereocenters. The number of Topliss-reactive ketones (excluding diaryl/α,β-unsaturated/α-hetero) is 1. The molecule has 1 amide bonds. The minimum absolute atomic E-state index is 0.0136. The quantitative estimate of drug-likeness (QED) is 0.377. The molecule has 180 valence electrons. The molecule has 1 aromatic carbocycles. The topological polar surface area (TPSA) is 67.4 Å². The lowest BCUT2D eigenvalue weighted by Crippen LogP contribution is -2.43. The molecule has 0 aliphatic carbocycles. The van der Waals surface area contributed by atoms with Gasteiger partial charge < -0.3 is 15.4 Å². The molecule has 0 aromatic heterocycles. The Morgan fingerprint density at radius 2 is 1.58 bits per heavy atom. The third-order valence-electron chi connectivity index (χ3n) is 3.97. The van der Waals surface area contributed by atoms with Gasteiger partial charge in [-0.2, -0.15) is 0 Å². The predicted octanol–water partition coefficient (Wildman–Crippen LogP) is 6.18. The van der Waals surface area contributed by atoms with Crippen LogP contribution < -0.4 is 10.6 Å². The van der Waals surface area contributed by atoms with Gasteiger partial charge in [0.2, 0.25) is 0 Å². The second kappa shape index (κ2) is 21.1. The number of alkyl carbamates (subject to hydrolysis) is 1. The summed E-state index contributed by atoms with van der Waals surface area (Å²) < 4.78 is 5.20. The van der Waals surface area contributed by atoms with Gasteiger partial charge in [-0.25, -0.2) is 4.79 Å². The van der Waals surface area contributed by atoms with Crippen molar-refractivity contribution < 1.29 is 14.3 Å². The molecule has 0 radical (unpaired) electrons. The maximum Gasteiger partial charge on any atom is 0.407 e. The minimum Gasteiger partial charge on any atom is -0.444 e. The van der Waals surface area contributed by atoms with Crippen molar-refractivity contribution >= 4 is 11.9 Å². The summed E-state index contributed by atoms with van der Waals surface area (Å²) in [7, 11) is 0. The molecule has 0 aliphatic rings. The molecule has 0 aliphatic heterocycles. The van der Waals surface area contributed by atoms with Gasteiger partial charge in [0.1, 0.15) is 11.4 Å². The number of nitrogens with one attached hydrogen (secondary N) is 2. The fourth-order valence-corrected chi connectivity index (χ4v) is 2.12. The van der Waals surface area contributed by atoms with Crippen molar-refractivity contribution in [1.29, 1.82) is 0 Å². The van der Waals surface area contributed by atoms with Crippen LogP contribution in [0.15, 0.2) is 43.5 Å². The molecule has 0 spiro atoms. The minimum atomic E-state index is -0.479. The molecule has 5 nitrogen and oxygen atoms in total. The van der Waals surface area contributed by atoms with Crippen molar-refractivity contribution in [2.75, 3.05) is 13.1 Å². The van der Waals surface area contributed by atoms with Crippen LogP contribution in [0.4, 0.5) is 4.79 Å². The summed E-state index contributed by atoms with van der Waals surface area (Å²) >= 11 is 0. The van der Waals surface area contributed by atoms with E-state index in [4.69, 9.17) is 4.74 Å². The largest absolute Gasteiger partial charge is 0.444 e. The van der Waals surface area contributed by atoms with Crippen molar-refractivity contribution in [3.63, 3.8) is 0 Å². The number of amides is 1. The Labute approximate surface area is 192 Å². The number of rotatable bonds is 8. The highest BCUT2D eigenvalue weighted by molar-refractivity contribution is 5.75. The van der Waals surface area contributed by atoms with Crippen molar-refractivity contribution in [2.24, 2.45) is 5.92 Å². The van der Waals surface area contributed by atoms with Crippen LogP contribution in [-0.4, -0.2) is 36.6 Å². The first-order valence-corrected chi connectivity index (χ1v) is 11.3. The smallest absolute Gasteiger partial charge is 0.407 e. The lowest BCUT2D eigenvalue weighted by atomic mass is 10.0. The molecule has 2 unspecified atom stereocenters. The van der Waals surface area contributed by atoms with E-state index in [1.54, 1.807) is 6.92 Å². The van der Waals surface area contributed by atoms with E-state index in [1.807, 2.05) is 54.5 Å². The number of hydrogen-bond donors (Lipinski definition) is 2. The van der Waals surface area contributed by atoms with Crippen LogP contribution in [0, 0.1) is 5.92 Å². The van der Waals surface area contributed by atoms with Crippen LogP contribution in [0.25, 0.3) is 0 Å². The molecular weight excluding hydrogens is 388 g/mol. The van der Waals surface area contributed by atoms with Crippen LogP contribution in [0.5, 0.6) is 0 Å². The summed E-state index contributed by atoms with van der Waals surface area (Å²) in [5.74, 6) is 0.444. The average molecular weight is 437 g/mol. The third kappa shape index (κ3) is 24.0. The summed E-state index contributed by atoms with van der Waals surface area (Å²) in [6.07, 6.45) is 1.29. The van der Waals surface area contributed by atoms with Gasteiger partial charge in [-0.05, 0) is 59.1 Å². The third-order valence-corrected chi connectivity index (χ3v) is 3.97. The zero-order valence-corrected chi connectivity index (χ0v) is 21.5. The van der Waals surface area contributed by atoms with Crippen molar-refractivity contribution in [3.8, 4) is 0 Å². The molecule has 0 saturated heterocycles. The molecule has 0 heterocycles. The average Bonchev–Trinajstić information content (AvgIpc) is 2.73. The number of hydrogen-bond acceptors (Lipinski definition) is 4. The maximum absolute atomic E-state index is 11.6. The maximum atomic E-state index is 11.6. The first-order chi connectivity index (χ1) is 14.5. The number of carbonyl (C=O) groups is 2. The first-order valence-electron chi connectivity index (χ1n) is 11.3. The Bertz CT molecular complexity index is 554. The lowest BCUT2D eigenvalue weighted by molar-refractivity contribution is -0.116. The fourth-order valence-electron chi connectivity index (χ4n) is 2.12. The van der Waals surface area contributed by atoms with Crippen molar-refractivity contribution in [2.45, 2.75) is 86.8 Å². The Kier molecular flexibility index (Phi) is 22.8. The molecule has 1 aromatic rings. The summed E-state index contributed by atoms with van der Waals surface area (Å²) in [5.41, 5.74) is 0.930. The standard InChI is InChI=1S/C14H28N2O3.C8H10.C2H6.C2H4/c1-10(9-15-8-7-11(2)17)12(3)16-13(18)19-14(4,5)6;1-2-8-6-4-3-5-7-8;2*1-2/h10,12,15H,7-9H2,1-6H3,(H,16,18);3-7H,2H2,1H3;1-2H3;1-2H2. The van der Waals surface area contributed by atoms with Crippen LogP contribution in [0.1, 0.15) is 74.3 Å². The van der Waals surface area contributed by atoms with E-state index in [-0.39, 0.29) is 17.7 Å². The Balaban J connectivity index is -0.000000537. The molecular formula is C26H48N2O3. The SMILES string of the molecule is C=C.CC.CC(=O)CCNCC(C)C(C)NC(=O)OC(C)(C)C.CCc1ccccc1. The van der Waals surface area contributed by atoms with Gasteiger partial charge in [-0.3, -0.25) is 4.79 Å². The van der Waals surface area contributed by atoms with Gasteiger partial charge in [-0.1, -0.05) is 58.0 Å². The molecule has 0 bridgehead atoms. The second-order valence-electron chi connectivity index (χ2n) is 7.91. The van der Waals surface area contributed by atoms with E-state index in [2.05, 4.69) is 55.0 Å². The Hall–Kier alpha value is -2.14. The highest BCUT2D eigenvalue weighted by atomic mass is 16.6. The highest BCUT2D eigenvalue weighted by Gasteiger charge is 2.20. The van der Waals surface area contributed by atoms with Gasteiger partial charge in [0.25, 0.3) is 0 Å².